The Morgan fingerprint density at radius 3 is 2.71 bits per heavy atom. The molecule has 2 rings (SSSR count). The van der Waals surface area contributed by atoms with Gasteiger partial charge in [-0.3, -0.25) is 4.79 Å². The lowest BCUT2D eigenvalue weighted by Crippen LogP contribution is -3.11. The molecular weight excluding hydrogens is 280 g/mol. The normalized spacial score (nSPS) is 12.1. The Morgan fingerprint density at radius 1 is 1.24 bits per heavy atom. The van der Waals surface area contributed by atoms with Crippen LogP contribution < -0.4 is 10.2 Å². The highest BCUT2D eigenvalue weighted by Crippen LogP contribution is 2.17. The van der Waals surface area contributed by atoms with E-state index in [2.05, 4.69) is 42.7 Å². The maximum absolute atomic E-state index is 12.2. The van der Waals surface area contributed by atoms with Gasteiger partial charge in [-0.2, -0.15) is 0 Å². The molecule has 0 aliphatic heterocycles. The minimum absolute atomic E-state index is 0.0807. The molecule has 0 saturated heterocycles. The van der Waals surface area contributed by atoms with Crippen LogP contribution in [-0.4, -0.2) is 19.0 Å². The molecule has 1 heterocycles. The number of carbonyl (C=O) groups is 1. The van der Waals surface area contributed by atoms with Gasteiger partial charge in [0, 0.05) is 5.69 Å². The molecule has 112 valence electrons. The van der Waals surface area contributed by atoms with Crippen molar-refractivity contribution >= 4 is 22.9 Å². The number of amides is 1. The summed E-state index contributed by atoms with van der Waals surface area (Å²) < 4.78 is 0. The van der Waals surface area contributed by atoms with Crippen LogP contribution in [0.25, 0.3) is 0 Å². The summed E-state index contributed by atoms with van der Waals surface area (Å²) in [4.78, 5) is 14.8. The van der Waals surface area contributed by atoms with Gasteiger partial charge in [-0.05, 0) is 49.4 Å². The maximum Gasteiger partial charge on any atom is 0.279 e. The smallest absolute Gasteiger partial charge is 0.279 e. The predicted octanol–water partition coefficient (Wildman–Crippen LogP) is 2.41. The number of anilines is 1. The second-order valence-corrected chi connectivity index (χ2v) is 6.36. The standard InChI is InChI=1S/C17H22N2OS/c1-4-19(11-15-8-6-10-21-15)12-17(20)18-16-9-5-7-13(2)14(16)3/h5-10H,4,11-12H2,1-3H3,(H,18,20)/p+1. The van der Waals surface area contributed by atoms with Crippen LogP contribution in [0.3, 0.4) is 0 Å². The summed E-state index contributed by atoms with van der Waals surface area (Å²) in [6.07, 6.45) is 0. The molecule has 3 nitrogen and oxygen atoms in total. The molecular formula is C17H23N2OS+. The molecule has 0 bridgehead atoms. The van der Waals surface area contributed by atoms with E-state index >= 15 is 0 Å². The summed E-state index contributed by atoms with van der Waals surface area (Å²) >= 11 is 1.75. The zero-order chi connectivity index (χ0) is 15.2. The average molecular weight is 303 g/mol. The molecule has 0 spiro atoms. The molecule has 0 saturated carbocycles. The van der Waals surface area contributed by atoms with Gasteiger partial charge in [0.05, 0.1) is 11.4 Å². The minimum Gasteiger partial charge on any atom is -0.323 e. The van der Waals surface area contributed by atoms with Gasteiger partial charge >= 0.3 is 0 Å². The van der Waals surface area contributed by atoms with E-state index in [0.717, 1.165) is 24.3 Å². The van der Waals surface area contributed by atoms with Crippen LogP contribution in [0.1, 0.15) is 22.9 Å². The van der Waals surface area contributed by atoms with Crippen LogP contribution in [0.15, 0.2) is 35.7 Å². The highest BCUT2D eigenvalue weighted by atomic mass is 32.1. The van der Waals surface area contributed by atoms with Gasteiger partial charge in [0.25, 0.3) is 5.91 Å². The first kappa shape index (κ1) is 15.7. The first-order chi connectivity index (χ1) is 10.1. The first-order valence-corrected chi connectivity index (χ1v) is 8.20. The summed E-state index contributed by atoms with van der Waals surface area (Å²) in [6, 6.07) is 10.2. The van der Waals surface area contributed by atoms with Crippen LogP contribution in [0.4, 0.5) is 5.69 Å². The van der Waals surface area contributed by atoms with Crippen LogP contribution >= 0.6 is 11.3 Å². The lowest BCUT2D eigenvalue weighted by molar-refractivity contribution is -0.903. The zero-order valence-electron chi connectivity index (χ0n) is 12.9. The van der Waals surface area contributed by atoms with Crippen molar-refractivity contribution in [3.05, 3.63) is 51.7 Å². The Balaban J connectivity index is 1.95. The number of benzene rings is 1. The Morgan fingerprint density at radius 2 is 2.05 bits per heavy atom. The van der Waals surface area contributed by atoms with Crippen LogP contribution in [0, 0.1) is 13.8 Å². The fourth-order valence-corrected chi connectivity index (χ4v) is 3.06. The monoisotopic (exact) mass is 303 g/mol. The minimum atomic E-state index is 0.0807. The molecule has 0 radical (unpaired) electrons. The van der Waals surface area contributed by atoms with Gasteiger partial charge in [-0.1, -0.05) is 18.2 Å². The SMILES string of the molecule is CC[NH+](CC(=O)Nc1cccc(C)c1C)Cc1cccs1. The highest BCUT2D eigenvalue weighted by molar-refractivity contribution is 7.09. The third-order valence-corrected chi connectivity index (χ3v) is 4.67. The summed E-state index contributed by atoms with van der Waals surface area (Å²) in [5.74, 6) is 0.0807. The second-order valence-electron chi connectivity index (χ2n) is 5.33. The van der Waals surface area contributed by atoms with Crippen molar-refractivity contribution in [2.24, 2.45) is 0 Å². The molecule has 2 aromatic rings. The molecule has 4 heteroatoms. The summed E-state index contributed by atoms with van der Waals surface area (Å²) in [7, 11) is 0. The van der Waals surface area contributed by atoms with Crippen molar-refractivity contribution in [3.63, 3.8) is 0 Å². The van der Waals surface area contributed by atoms with Gasteiger partial charge in [-0.25, -0.2) is 0 Å². The lowest BCUT2D eigenvalue weighted by atomic mass is 10.1. The number of carbonyl (C=O) groups excluding carboxylic acids is 1. The van der Waals surface area contributed by atoms with Crippen molar-refractivity contribution in [1.29, 1.82) is 0 Å². The van der Waals surface area contributed by atoms with E-state index in [1.807, 2.05) is 19.1 Å². The fraction of sp³-hybridized carbons (Fsp3) is 0.353. The summed E-state index contributed by atoms with van der Waals surface area (Å²) in [6.45, 7) is 8.58. The van der Waals surface area contributed by atoms with E-state index in [9.17, 15) is 4.79 Å². The number of thiophene rings is 1. The van der Waals surface area contributed by atoms with E-state index in [1.165, 1.54) is 15.3 Å². The average Bonchev–Trinajstić information content (AvgIpc) is 2.96. The third kappa shape index (κ3) is 4.41. The Labute approximate surface area is 130 Å². The van der Waals surface area contributed by atoms with Crippen LogP contribution in [0.2, 0.25) is 0 Å². The third-order valence-electron chi connectivity index (χ3n) is 3.79. The number of nitrogens with one attached hydrogen (secondary N) is 2. The lowest BCUT2D eigenvalue weighted by Gasteiger charge is -2.17. The van der Waals surface area contributed by atoms with Crippen molar-refractivity contribution in [3.8, 4) is 0 Å². The van der Waals surface area contributed by atoms with Crippen LogP contribution in [-0.2, 0) is 11.3 Å². The number of likely N-dealkylation sites (N-methyl/N-ethyl adjacent to an activating group) is 1. The molecule has 1 aromatic heterocycles. The number of quaternary nitrogens is 1. The quantitative estimate of drug-likeness (QED) is 0.844. The van der Waals surface area contributed by atoms with E-state index in [-0.39, 0.29) is 5.91 Å². The van der Waals surface area contributed by atoms with Crippen LogP contribution in [0.5, 0.6) is 0 Å². The van der Waals surface area contributed by atoms with Gasteiger partial charge in [0.1, 0.15) is 6.54 Å². The number of aryl methyl sites for hydroxylation is 1. The number of rotatable bonds is 6. The summed E-state index contributed by atoms with van der Waals surface area (Å²) in [5.41, 5.74) is 3.26. The van der Waals surface area contributed by atoms with Gasteiger partial charge in [0.2, 0.25) is 0 Å². The zero-order valence-corrected chi connectivity index (χ0v) is 13.7. The molecule has 1 atom stereocenters. The summed E-state index contributed by atoms with van der Waals surface area (Å²) in [5, 5.41) is 5.12. The number of hydrogen-bond donors (Lipinski definition) is 2. The molecule has 2 N–H and O–H groups in total. The van der Waals surface area contributed by atoms with Gasteiger partial charge in [-0.15, -0.1) is 11.3 Å². The molecule has 0 fully saturated rings. The fourth-order valence-electron chi connectivity index (χ4n) is 2.28. The van der Waals surface area contributed by atoms with E-state index < -0.39 is 0 Å². The predicted molar refractivity (Wildman–Crippen MR) is 88.9 cm³/mol. The van der Waals surface area contributed by atoms with Crippen molar-refractivity contribution in [2.45, 2.75) is 27.3 Å². The molecule has 0 aliphatic carbocycles. The van der Waals surface area contributed by atoms with E-state index in [4.69, 9.17) is 0 Å². The topological polar surface area (TPSA) is 33.5 Å². The van der Waals surface area contributed by atoms with Gasteiger partial charge in [0.15, 0.2) is 6.54 Å². The van der Waals surface area contributed by atoms with Crippen molar-refractivity contribution in [1.82, 2.24) is 0 Å². The second kappa shape index (κ2) is 7.38. The highest BCUT2D eigenvalue weighted by Gasteiger charge is 2.14. The Kier molecular flexibility index (Phi) is 5.53. The van der Waals surface area contributed by atoms with Crippen molar-refractivity contribution in [2.75, 3.05) is 18.4 Å². The largest absolute Gasteiger partial charge is 0.323 e. The van der Waals surface area contributed by atoms with E-state index in [0.29, 0.717) is 6.54 Å². The van der Waals surface area contributed by atoms with Crippen molar-refractivity contribution < 1.29 is 9.69 Å². The molecule has 21 heavy (non-hydrogen) atoms. The Bertz CT molecular complexity index is 593. The molecule has 1 unspecified atom stereocenters. The van der Waals surface area contributed by atoms with E-state index in [1.54, 1.807) is 11.3 Å². The van der Waals surface area contributed by atoms with Gasteiger partial charge < -0.3 is 10.2 Å². The first-order valence-electron chi connectivity index (χ1n) is 7.32. The molecule has 0 aliphatic rings. The maximum atomic E-state index is 12.2. The number of hydrogen-bond acceptors (Lipinski definition) is 2. The Hall–Kier alpha value is -1.65. The molecule has 1 aromatic carbocycles. The molecule has 1 amide bonds.